The van der Waals surface area contributed by atoms with Crippen LogP contribution in [0.15, 0.2) is 47.4 Å². The summed E-state index contributed by atoms with van der Waals surface area (Å²) >= 11 is 0. The summed E-state index contributed by atoms with van der Waals surface area (Å²) in [6, 6.07) is 12.0. The smallest absolute Gasteiger partial charge is 0.245 e. The molecular weight excluding hydrogens is 438 g/mol. The summed E-state index contributed by atoms with van der Waals surface area (Å²) in [7, 11) is -3.99. The van der Waals surface area contributed by atoms with Crippen LogP contribution in [-0.2, 0) is 26.0 Å². The Hall–Kier alpha value is -2.71. The fourth-order valence-corrected chi connectivity index (χ4v) is 5.98. The van der Waals surface area contributed by atoms with E-state index in [4.69, 9.17) is 0 Å². The zero-order chi connectivity index (χ0) is 24.2. The zero-order valence-corrected chi connectivity index (χ0v) is 20.5. The summed E-state index contributed by atoms with van der Waals surface area (Å²) in [6.45, 7) is 8.15. The number of benzene rings is 2. The van der Waals surface area contributed by atoms with Gasteiger partial charge in [0.15, 0.2) is 0 Å². The summed E-state index contributed by atoms with van der Waals surface area (Å²) in [5, 5.41) is 5.57. The number of carbonyl (C=O) groups is 2. The van der Waals surface area contributed by atoms with E-state index in [0.717, 1.165) is 23.1 Å². The van der Waals surface area contributed by atoms with Gasteiger partial charge in [-0.1, -0.05) is 44.2 Å². The van der Waals surface area contributed by atoms with Crippen molar-refractivity contribution >= 4 is 27.5 Å². The summed E-state index contributed by atoms with van der Waals surface area (Å²) in [6.07, 6.45) is 1.45. The van der Waals surface area contributed by atoms with Crippen LogP contribution in [0.3, 0.4) is 0 Å². The number of carbonyl (C=O) groups excluding carboxylic acids is 2. The number of rotatable bonds is 8. The highest BCUT2D eigenvalue weighted by atomic mass is 32.2. The Kier molecular flexibility index (Phi) is 7.92. The number of anilines is 1. The Balaban J connectivity index is 1.98. The average molecular weight is 472 g/mol. The minimum Gasteiger partial charge on any atom is -0.356 e. The molecule has 0 aliphatic carbocycles. The monoisotopic (exact) mass is 471 g/mol. The highest BCUT2D eigenvalue weighted by molar-refractivity contribution is 7.89. The van der Waals surface area contributed by atoms with Gasteiger partial charge in [-0.3, -0.25) is 9.59 Å². The second-order valence-corrected chi connectivity index (χ2v) is 10.9. The van der Waals surface area contributed by atoms with Gasteiger partial charge < -0.3 is 10.6 Å². The predicted molar refractivity (Wildman–Crippen MR) is 129 cm³/mol. The molecule has 2 N–H and O–H groups in total. The van der Waals surface area contributed by atoms with Crippen LogP contribution >= 0.6 is 0 Å². The van der Waals surface area contributed by atoms with Crippen molar-refractivity contribution in [2.24, 2.45) is 5.92 Å². The number of hydrogen-bond acceptors (Lipinski definition) is 4. The van der Waals surface area contributed by atoms with E-state index >= 15 is 0 Å². The third-order valence-corrected chi connectivity index (χ3v) is 7.77. The van der Waals surface area contributed by atoms with E-state index in [-0.39, 0.29) is 35.4 Å². The van der Waals surface area contributed by atoms with Gasteiger partial charge in [0.2, 0.25) is 21.8 Å². The first-order valence-electron chi connectivity index (χ1n) is 11.3. The van der Waals surface area contributed by atoms with Crippen molar-refractivity contribution in [2.45, 2.75) is 57.9 Å². The van der Waals surface area contributed by atoms with Crippen LogP contribution in [0.2, 0.25) is 0 Å². The molecule has 2 amide bonds. The van der Waals surface area contributed by atoms with Crippen molar-refractivity contribution in [1.82, 2.24) is 9.62 Å². The van der Waals surface area contributed by atoms with Crippen LogP contribution in [-0.4, -0.2) is 37.6 Å². The standard InChI is InChI=1S/C25H33N3O4S/c1-17(2)11-13-26-25(30)16-23-21-8-6-5-7-20(21)12-14-28(23)33(31,32)24-15-18(3)9-10-22(24)27-19(4)29/h5-10,15,17,23H,11-14,16H2,1-4H3,(H,26,30)(H,27,29). The highest BCUT2D eigenvalue weighted by Crippen LogP contribution is 2.38. The molecule has 33 heavy (non-hydrogen) atoms. The van der Waals surface area contributed by atoms with Gasteiger partial charge >= 0.3 is 0 Å². The molecule has 1 aliphatic rings. The Morgan fingerprint density at radius 1 is 1.15 bits per heavy atom. The number of sulfonamides is 1. The Labute approximate surface area is 196 Å². The topological polar surface area (TPSA) is 95.6 Å². The first kappa shape index (κ1) is 24.9. The van der Waals surface area contributed by atoms with E-state index in [0.29, 0.717) is 18.9 Å². The lowest BCUT2D eigenvalue weighted by atomic mass is 9.92. The molecular formula is C25H33N3O4S. The van der Waals surface area contributed by atoms with Gasteiger partial charge in [-0.25, -0.2) is 8.42 Å². The number of nitrogens with zero attached hydrogens (tertiary/aromatic N) is 1. The van der Waals surface area contributed by atoms with E-state index < -0.39 is 16.1 Å². The average Bonchev–Trinajstić information content (AvgIpc) is 2.74. The molecule has 0 spiro atoms. The maximum absolute atomic E-state index is 13.9. The van der Waals surface area contributed by atoms with Crippen molar-refractivity contribution in [2.75, 3.05) is 18.4 Å². The van der Waals surface area contributed by atoms with Gasteiger partial charge in [0.25, 0.3) is 0 Å². The Morgan fingerprint density at radius 3 is 2.58 bits per heavy atom. The minimum absolute atomic E-state index is 0.0373. The fourth-order valence-electron chi connectivity index (χ4n) is 4.14. The lowest BCUT2D eigenvalue weighted by Gasteiger charge is -2.36. The molecule has 0 saturated carbocycles. The molecule has 7 nitrogen and oxygen atoms in total. The van der Waals surface area contributed by atoms with Crippen molar-refractivity contribution < 1.29 is 18.0 Å². The molecule has 3 rings (SSSR count). The zero-order valence-electron chi connectivity index (χ0n) is 19.7. The van der Waals surface area contributed by atoms with E-state index in [1.165, 1.54) is 11.2 Å². The van der Waals surface area contributed by atoms with Gasteiger partial charge in [0, 0.05) is 26.4 Å². The summed E-state index contributed by atoms with van der Waals surface area (Å²) < 4.78 is 29.2. The largest absolute Gasteiger partial charge is 0.356 e. The molecule has 1 aliphatic heterocycles. The second kappa shape index (κ2) is 10.5. The Bertz CT molecular complexity index is 1130. The minimum atomic E-state index is -3.99. The number of amides is 2. The van der Waals surface area contributed by atoms with E-state index in [2.05, 4.69) is 24.5 Å². The molecule has 1 heterocycles. The van der Waals surface area contributed by atoms with Crippen LogP contribution in [0.5, 0.6) is 0 Å². The molecule has 0 fully saturated rings. The molecule has 0 saturated heterocycles. The maximum atomic E-state index is 13.9. The number of nitrogens with one attached hydrogen (secondary N) is 2. The van der Waals surface area contributed by atoms with Crippen molar-refractivity contribution in [3.8, 4) is 0 Å². The molecule has 1 atom stereocenters. The van der Waals surface area contributed by atoms with E-state index in [1.54, 1.807) is 18.2 Å². The Morgan fingerprint density at radius 2 is 1.88 bits per heavy atom. The van der Waals surface area contributed by atoms with Gasteiger partial charge in [-0.15, -0.1) is 0 Å². The lowest BCUT2D eigenvalue weighted by Crippen LogP contribution is -2.42. The maximum Gasteiger partial charge on any atom is 0.245 e. The molecule has 1 unspecified atom stereocenters. The van der Waals surface area contributed by atoms with Crippen molar-refractivity contribution in [1.29, 1.82) is 0 Å². The third-order valence-electron chi connectivity index (χ3n) is 5.82. The number of fused-ring (bicyclic) bond motifs is 1. The molecule has 0 bridgehead atoms. The van der Waals surface area contributed by atoms with E-state index in [1.807, 2.05) is 31.2 Å². The number of aryl methyl sites for hydroxylation is 1. The third kappa shape index (κ3) is 6.00. The summed E-state index contributed by atoms with van der Waals surface area (Å²) in [4.78, 5) is 24.5. The first-order chi connectivity index (χ1) is 15.6. The first-order valence-corrected chi connectivity index (χ1v) is 12.8. The van der Waals surface area contributed by atoms with Crippen molar-refractivity contribution in [3.05, 3.63) is 59.2 Å². The molecule has 0 aromatic heterocycles. The molecule has 178 valence electrons. The summed E-state index contributed by atoms with van der Waals surface area (Å²) in [5.74, 6) is -0.0599. The summed E-state index contributed by atoms with van der Waals surface area (Å²) in [5.41, 5.74) is 2.91. The molecule has 0 radical (unpaired) electrons. The predicted octanol–water partition coefficient (Wildman–Crippen LogP) is 3.79. The van der Waals surface area contributed by atoms with Gasteiger partial charge in [0.1, 0.15) is 4.90 Å². The van der Waals surface area contributed by atoms with Crippen LogP contribution in [0.25, 0.3) is 0 Å². The number of hydrogen-bond donors (Lipinski definition) is 2. The highest BCUT2D eigenvalue weighted by Gasteiger charge is 2.38. The quantitative estimate of drug-likeness (QED) is 0.612. The normalized spacial score (nSPS) is 16.3. The SMILES string of the molecule is CC(=O)Nc1ccc(C)cc1S(=O)(=O)N1CCc2ccccc2C1CC(=O)NCCC(C)C. The molecule has 8 heteroatoms. The molecule has 2 aromatic rings. The van der Waals surface area contributed by atoms with Gasteiger partial charge in [-0.05, 0) is 54.5 Å². The second-order valence-electron chi connectivity index (χ2n) is 9.00. The lowest BCUT2D eigenvalue weighted by molar-refractivity contribution is -0.122. The van der Waals surface area contributed by atoms with Crippen LogP contribution in [0, 0.1) is 12.8 Å². The van der Waals surface area contributed by atoms with Crippen molar-refractivity contribution in [3.63, 3.8) is 0 Å². The van der Waals surface area contributed by atoms with Crippen LogP contribution in [0.1, 0.15) is 56.3 Å². The fraction of sp³-hybridized carbons (Fsp3) is 0.440. The van der Waals surface area contributed by atoms with Crippen LogP contribution < -0.4 is 10.6 Å². The van der Waals surface area contributed by atoms with E-state index in [9.17, 15) is 18.0 Å². The van der Waals surface area contributed by atoms with Crippen LogP contribution in [0.4, 0.5) is 5.69 Å². The molecule has 2 aromatic carbocycles. The van der Waals surface area contributed by atoms with Gasteiger partial charge in [-0.2, -0.15) is 4.31 Å². The van der Waals surface area contributed by atoms with Gasteiger partial charge in [0.05, 0.1) is 11.7 Å².